The highest BCUT2D eigenvalue weighted by atomic mass is 35.5. The molecule has 5 nitrogen and oxygen atoms in total. The van der Waals surface area contributed by atoms with Crippen molar-refractivity contribution in [3.05, 3.63) is 124 Å². The molecule has 0 bridgehead atoms. The number of benzene rings is 4. The maximum absolute atomic E-state index is 14.0. The van der Waals surface area contributed by atoms with E-state index in [1.807, 2.05) is 61.5 Å². The minimum atomic E-state index is -0.568. The zero-order valence-corrected chi connectivity index (χ0v) is 21.2. The fourth-order valence-corrected chi connectivity index (χ4v) is 4.24. The second-order valence-corrected chi connectivity index (χ2v) is 8.83. The van der Waals surface area contributed by atoms with E-state index < -0.39 is 5.97 Å². The molecular weight excluding hydrogens is 505 g/mol. The number of aliphatic imine (C=N–C) groups is 1. The molecule has 0 N–H and O–H groups in total. The van der Waals surface area contributed by atoms with Gasteiger partial charge in [0.15, 0.2) is 17.2 Å². The van der Waals surface area contributed by atoms with Crippen molar-refractivity contribution >= 4 is 29.5 Å². The normalized spacial score (nSPS) is 13.8. The number of carbonyl (C=O) groups is 1. The van der Waals surface area contributed by atoms with Crippen LogP contribution in [0.15, 0.2) is 102 Å². The molecule has 0 atom stereocenters. The number of cyclic esters (lactones) is 1. The third kappa shape index (κ3) is 5.61. The summed E-state index contributed by atoms with van der Waals surface area (Å²) in [4.78, 5) is 17.0. The highest BCUT2D eigenvalue weighted by Gasteiger charge is 2.25. The first-order valence-corrected chi connectivity index (χ1v) is 12.4. The molecule has 1 aliphatic rings. The van der Waals surface area contributed by atoms with Gasteiger partial charge in [-0.2, -0.15) is 0 Å². The lowest BCUT2D eigenvalue weighted by Crippen LogP contribution is -2.05. The molecule has 0 aromatic heterocycles. The first-order chi connectivity index (χ1) is 18.5. The summed E-state index contributed by atoms with van der Waals surface area (Å²) in [5, 5.41) is 0.256. The lowest BCUT2D eigenvalue weighted by Gasteiger charge is -2.15. The van der Waals surface area contributed by atoms with Crippen molar-refractivity contribution in [3.63, 3.8) is 0 Å². The Labute approximate surface area is 224 Å². The van der Waals surface area contributed by atoms with Gasteiger partial charge in [-0.3, -0.25) is 0 Å². The highest BCUT2D eigenvalue weighted by Crippen LogP contribution is 2.38. The van der Waals surface area contributed by atoms with Gasteiger partial charge in [0.1, 0.15) is 12.4 Å². The van der Waals surface area contributed by atoms with Crippen LogP contribution in [0.3, 0.4) is 0 Å². The van der Waals surface area contributed by atoms with Gasteiger partial charge in [0, 0.05) is 11.1 Å². The molecule has 7 heteroatoms. The minimum Gasteiger partial charge on any atom is -0.490 e. The van der Waals surface area contributed by atoms with Gasteiger partial charge in [0.05, 0.1) is 11.6 Å². The summed E-state index contributed by atoms with van der Waals surface area (Å²) in [5.74, 6) is -0.0557. The number of halogens is 2. The lowest BCUT2D eigenvalue weighted by molar-refractivity contribution is -0.129. The summed E-state index contributed by atoms with van der Waals surface area (Å²) in [5.41, 5.74) is 3.92. The second-order valence-electron chi connectivity index (χ2n) is 8.42. The summed E-state index contributed by atoms with van der Waals surface area (Å²) < 4.78 is 31.0. The fourth-order valence-electron chi connectivity index (χ4n) is 3.97. The molecule has 4 aromatic rings. The molecule has 190 valence electrons. The average Bonchev–Trinajstić information content (AvgIpc) is 3.29. The van der Waals surface area contributed by atoms with Gasteiger partial charge in [0.25, 0.3) is 0 Å². The molecule has 0 aliphatic carbocycles. The van der Waals surface area contributed by atoms with Crippen LogP contribution in [0.2, 0.25) is 5.02 Å². The maximum Gasteiger partial charge on any atom is 0.363 e. The summed E-state index contributed by atoms with van der Waals surface area (Å²) in [6.45, 7) is 2.17. The monoisotopic (exact) mass is 527 g/mol. The molecule has 0 spiro atoms. The predicted octanol–water partition coefficient (Wildman–Crippen LogP) is 7.47. The topological polar surface area (TPSA) is 57.1 Å². The standard InChI is InChI=1S/C31H23ClFNO4/c1-2-36-28-18-20(16-25(32)29(28)37-19-24-10-6-7-11-26(24)33)17-27-31(35)38-30(34-27)23-14-12-22(13-15-23)21-8-4-3-5-9-21/h3-18H,2,19H2,1H3/b27-17-. The maximum atomic E-state index is 14.0. The molecule has 1 heterocycles. The van der Waals surface area contributed by atoms with Crippen molar-refractivity contribution in [2.75, 3.05) is 6.61 Å². The van der Waals surface area contributed by atoms with Crippen molar-refractivity contribution in [3.8, 4) is 22.6 Å². The minimum absolute atomic E-state index is 0.0179. The number of nitrogens with zero attached hydrogens (tertiary/aromatic N) is 1. The van der Waals surface area contributed by atoms with Crippen molar-refractivity contribution in [2.45, 2.75) is 13.5 Å². The van der Waals surface area contributed by atoms with Crippen LogP contribution in [0.25, 0.3) is 17.2 Å². The second kappa shape index (κ2) is 11.3. The Morgan fingerprint density at radius 1 is 0.895 bits per heavy atom. The number of esters is 1. The van der Waals surface area contributed by atoms with Crippen LogP contribution in [-0.4, -0.2) is 18.5 Å². The largest absolute Gasteiger partial charge is 0.490 e. The van der Waals surface area contributed by atoms with Gasteiger partial charge in [-0.1, -0.05) is 72.3 Å². The van der Waals surface area contributed by atoms with Crippen LogP contribution in [0.5, 0.6) is 11.5 Å². The third-order valence-corrected chi connectivity index (χ3v) is 6.11. The van der Waals surface area contributed by atoms with Crippen LogP contribution >= 0.6 is 11.6 Å². The van der Waals surface area contributed by atoms with Crippen LogP contribution < -0.4 is 9.47 Å². The Hall–Kier alpha value is -4.42. The molecule has 4 aromatic carbocycles. The molecule has 1 aliphatic heterocycles. The number of rotatable bonds is 8. The molecule has 5 rings (SSSR count). The summed E-state index contributed by atoms with van der Waals surface area (Å²) in [6.07, 6.45) is 1.57. The van der Waals surface area contributed by atoms with E-state index in [9.17, 15) is 9.18 Å². The van der Waals surface area contributed by atoms with E-state index in [0.29, 0.717) is 29.0 Å². The van der Waals surface area contributed by atoms with E-state index in [-0.39, 0.29) is 34.8 Å². The Bertz CT molecular complexity index is 1530. The number of carbonyl (C=O) groups excluding carboxylic acids is 1. The highest BCUT2D eigenvalue weighted by molar-refractivity contribution is 6.32. The molecule has 0 fully saturated rings. The Morgan fingerprint density at radius 3 is 2.32 bits per heavy atom. The van der Waals surface area contributed by atoms with E-state index in [1.165, 1.54) is 6.07 Å². The van der Waals surface area contributed by atoms with Crippen molar-refractivity contribution in [1.82, 2.24) is 0 Å². The molecule has 0 radical (unpaired) electrons. The van der Waals surface area contributed by atoms with Crippen LogP contribution in [0.4, 0.5) is 4.39 Å². The van der Waals surface area contributed by atoms with Gasteiger partial charge >= 0.3 is 5.97 Å². The molecule has 0 saturated heterocycles. The van der Waals surface area contributed by atoms with E-state index in [1.54, 1.807) is 36.4 Å². The summed E-state index contributed by atoms with van der Waals surface area (Å²) >= 11 is 6.51. The van der Waals surface area contributed by atoms with Gasteiger partial charge in [-0.25, -0.2) is 14.2 Å². The molecular formula is C31H23ClFNO4. The quantitative estimate of drug-likeness (QED) is 0.176. The number of ether oxygens (including phenoxy) is 3. The SMILES string of the molecule is CCOc1cc(/C=C2\N=C(c3ccc(-c4ccccc4)cc3)OC2=O)cc(Cl)c1OCc1ccccc1F. The van der Waals surface area contributed by atoms with E-state index in [0.717, 1.165) is 11.1 Å². The Balaban J connectivity index is 1.38. The molecule has 0 amide bonds. The molecule has 0 saturated carbocycles. The third-order valence-electron chi connectivity index (χ3n) is 5.82. The Kier molecular flexibility index (Phi) is 7.52. The summed E-state index contributed by atoms with van der Waals surface area (Å²) in [6, 6.07) is 27.3. The smallest absolute Gasteiger partial charge is 0.363 e. The van der Waals surface area contributed by atoms with E-state index in [2.05, 4.69) is 4.99 Å². The van der Waals surface area contributed by atoms with Gasteiger partial charge < -0.3 is 14.2 Å². The van der Waals surface area contributed by atoms with Gasteiger partial charge in [-0.05, 0) is 60.0 Å². The van der Waals surface area contributed by atoms with Crippen molar-refractivity contribution < 1.29 is 23.4 Å². The Morgan fingerprint density at radius 2 is 1.58 bits per heavy atom. The van der Waals surface area contributed by atoms with Crippen LogP contribution in [0, 0.1) is 5.82 Å². The first-order valence-electron chi connectivity index (χ1n) is 12.0. The fraction of sp³-hybridized carbons (Fsp3) is 0.0968. The van der Waals surface area contributed by atoms with E-state index >= 15 is 0 Å². The van der Waals surface area contributed by atoms with Crippen LogP contribution in [0.1, 0.15) is 23.6 Å². The zero-order chi connectivity index (χ0) is 26.5. The van der Waals surface area contributed by atoms with Crippen molar-refractivity contribution in [2.24, 2.45) is 4.99 Å². The first kappa shape index (κ1) is 25.2. The van der Waals surface area contributed by atoms with Gasteiger partial charge in [-0.15, -0.1) is 0 Å². The number of hydrogen-bond acceptors (Lipinski definition) is 5. The average molecular weight is 528 g/mol. The zero-order valence-electron chi connectivity index (χ0n) is 20.5. The van der Waals surface area contributed by atoms with Gasteiger partial charge in [0.2, 0.25) is 5.90 Å². The lowest BCUT2D eigenvalue weighted by atomic mass is 10.0. The predicted molar refractivity (Wildman–Crippen MR) is 146 cm³/mol. The number of hydrogen-bond donors (Lipinski definition) is 0. The van der Waals surface area contributed by atoms with E-state index in [4.69, 9.17) is 25.8 Å². The molecule has 38 heavy (non-hydrogen) atoms. The van der Waals surface area contributed by atoms with Crippen LogP contribution in [-0.2, 0) is 16.1 Å². The summed E-state index contributed by atoms with van der Waals surface area (Å²) in [7, 11) is 0. The molecule has 0 unspecified atom stereocenters. The van der Waals surface area contributed by atoms with Crippen molar-refractivity contribution in [1.29, 1.82) is 0 Å².